The van der Waals surface area contributed by atoms with Crippen LogP contribution < -0.4 is 0 Å². The van der Waals surface area contributed by atoms with Crippen LogP contribution in [0.3, 0.4) is 0 Å². The lowest BCUT2D eigenvalue weighted by Crippen LogP contribution is -2.14. The van der Waals surface area contributed by atoms with Crippen molar-refractivity contribution in [1.82, 2.24) is 9.55 Å². The minimum atomic E-state index is -3.55. The van der Waals surface area contributed by atoms with E-state index in [2.05, 4.69) is 4.98 Å². The highest BCUT2D eigenvalue weighted by Gasteiger charge is 2.32. The molecule has 0 aliphatic carbocycles. The van der Waals surface area contributed by atoms with Gasteiger partial charge < -0.3 is 0 Å². The molecular weight excluding hydrogens is 344 g/mol. The van der Waals surface area contributed by atoms with E-state index in [1.807, 2.05) is 65.3 Å². The topological polar surface area (TPSA) is 52.0 Å². The van der Waals surface area contributed by atoms with E-state index in [-0.39, 0.29) is 0 Å². The Kier molecular flexibility index (Phi) is 3.14. The quantitative estimate of drug-likeness (QED) is 0.472. The van der Waals surface area contributed by atoms with Gasteiger partial charge in [0, 0.05) is 0 Å². The highest BCUT2D eigenvalue weighted by molar-refractivity contribution is 7.92. The highest BCUT2D eigenvalue weighted by Crippen LogP contribution is 2.39. The third-order valence-corrected chi connectivity index (χ3v) is 6.41. The van der Waals surface area contributed by atoms with Gasteiger partial charge in [0.1, 0.15) is 5.82 Å². The van der Waals surface area contributed by atoms with Crippen LogP contribution in [0.1, 0.15) is 11.4 Å². The molecule has 0 bridgehead atoms. The molecule has 2 heterocycles. The number of rotatable bonds is 2. The van der Waals surface area contributed by atoms with Gasteiger partial charge in [0.25, 0.3) is 0 Å². The molecular formula is C21H14N2O2S. The predicted molar refractivity (Wildman–Crippen MR) is 102 cm³/mol. The average Bonchev–Trinajstić information content (AvgIpc) is 3.05. The molecule has 0 saturated carbocycles. The average molecular weight is 358 g/mol. The molecule has 1 aliphatic rings. The summed E-state index contributed by atoms with van der Waals surface area (Å²) in [4.78, 5) is 5.29. The Morgan fingerprint density at radius 2 is 1.50 bits per heavy atom. The summed E-state index contributed by atoms with van der Waals surface area (Å²) in [5, 5.41) is 0. The largest absolute Gasteiger partial charge is 0.290 e. The summed E-state index contributed by atoms with van der Waals surface area (Å²) < 4.78 is 28.0. The van der Waals surface area contributed by atoms with Crippen LogP contribution in [-0.2, 0) is 9.84 Å². The SMILES string of the molecule is O=S1(=O)c2ccccc2-n2c(/C=C/c3ccccc3)nc3cccc1c32. The van der Waals surface area contributed by atoms with Gasteiger partial charge in [-0.2, -0.15) is 0 Å². The number of hydrogen-bond acceptors (Lipinski definition) is 3. The zero-order chi connectivity index (χ0) is 17.7. The van der Waals surface area contributed by atoms with Crippen molar-refractivity contribution in [3.63, 3.8) is 0 Å². The summed E-state index contributed by atoms with van der Waals surface area (Å²) in [6, 6.07) is 22.3. The van der Waals surface area contributed by atoms with E-state index in [0.29, 0.717) is 32.3 Å². The van der Waals surface area contributed by atoms with Gasteiger partial charge >= 0.3 is 0 Å². The van der Waals surface area contributed by atoms with Crippen molar-refractivity contribution in [1.29, 1.82) is 0 Å². The van der Waals surface area contributed by atoms with Crippen LogP contribution in [0, 0.1) is 0 Å². The highest BCUT2D eigenvalue weighted by atomic mass is 32.2. The van der Waals surface area contributed by atoms with Crippen molar-refractivity contribution in [3.8, 4) is 5.69 Å². The lowest BCUT2D eigenvalue weighted by atomic mass is 10.2. The number of aromatic nitrogens is 2. The fourth-order valence-corrected chi connectivity index (χ4v) is 5.05. The molecule has 0 radical (unpaired) electrons. The second-order valence-electron chi connectivity index (χ2n) is 6.14. The monoisotopic (exact) mass is 358 g/mol. The molecule has 4 nitrogen and oxygen atoms in total. The number of hydrogen-bond donors (Lipinski definition) is 0. The van der Waals surface area contributed by atoms with E-state index in [4.69, 9.17) is 0 Å². The summed E-state index contributed by atoms with van der Waals surface area (Å²) in [5.74, 6) is 0.707. The molecule has 0 amide bonds. The Hall–Kier alpha value is -3.18. The fraction of sp³-hybridized carbons (Fsp3) is 0. The Balaban J connectivity index is 1.83. The zero-order valence-electron chi connectivity index (χ0n) is 13.7. The Bertz CT molecular complexity index is 1290. The normalized spacial score (nSPS) is 14.6. The molecule has 0 saturated heterocycles. The van der Waals surface area contributed by atoms with Gasteiger partial charge in [0.2, 0.25) is 9.84 Å². The molecule has 26 heavy (non-hydrogen) atoms. The Morgan fingerprint density at radius 3 is 2.35 bits per heavy atom. The van der Waals surface area contributed by atoms with Gasteiger partial charge in [-0.3, -0.25) is 4.57 Å². The Morgan fingerprint density at radius 1 is 0.769 bits per heavy atom. The first-order chi connectivity index (χ1) is 12.7. The molecule has 126 valence electrons. The van der Waals surface area contributed by atoms with Crippen molar-refractivity contribution in [2.45, 2.75) is 9.79 Å². The number of fused-ring (bicyclic) bond motifs is 2. The van der Waals surface area contributed by atoms with Gasteiger partial charge in [-0.25, -0.2) is 13.4 Å². The van der Waals surface area contributed by atoms with Gasteiger partial charge in [-0.05, 0) is 35.9 Å². The second kappa shape index (κ2) is 5.41. The van der Waals surface area contributed by atoms with E-state index < -0.39 is 9.84 Å². The van der Waals surface area contributed by atoms with Crippen LogP contribution in [0.2, 0.25) is 0 Å². The van der Waals surface area contributed by atoms with E-state index in [0.717, 1.165) is 5.56 Å². The first-order valence-electron chi connectivity index (χ1n) is 8.25. The van der Waals surface area contributed by atoms with Crippen molar-refractivity contribution >= 4 is 33.0 Å². The summed E-state index contributed by atoms with van der Waals surface area (Å²) in [5.41, 5.74) is 3.01. The molecule has 0 unspecified atom stereocenters. The van der Waals surface area contributed by atoms with Gasteiger partial charge in [0.05, 0.1) is 26.5 Å². The molecule has 0 fully saturated rings. The van der Waals surface area contributed by atoms with E-state index in [1.165, 1.54) is 0 Å². The van der Waals surface area contributed by atoms with Crippen LogP contribution in [0.15, 0.2) is 82.6 Å². The smallest absolute Gasteiger partial charge is 0.210 e. The van der Waals surface area contributed by atoms with Gasteiger partial charge in [-0.1, -0.05) is 54.6 Å². The first-order valence-corrected chi connectivity index (χ1v) is 9.74. The van der Waals surface area contributed by atoms with Crippen molar-refractivity contribution < 1.29 is 8.42 Å². The summed E-state index contributed by atoms with van der Waals surface area (Å²) in [6.07, 6.45) is 3.91. The first kappa shape index (κ1) is 15.1. The van der Waals surface area contributed by atoms with Crippen LogP contribution in [0.5, 0.6) is 0 Å². The maximum Gasteiger partial charge on any atom is 0.210 e. The van der Waals surface area contributed by atoms with E-state index in [1.54, 1.807) is 24.3 Å². The van der Waals surface area contributed by atoms with Gasteiger partial charge in [0.15, 0.2) is 0 Å². The summed E-state index contributed by atoms with van der Waals surface area (Å²) in [6.45, 7) is 0. The van der Waals surface area contributed by atoms with Crippen molar-refractivity contribution in [2.24, 2.45) is 0 Å². The van der Waals surface area contributed by atoms with Crippen LogP contribution in [-0.4, -0.2) is 18.0 Å². The van der Waals surface area contributed by atoms with Gasteiger partial charge in [-0.15, -0.1) is 0 Å². The number of para-hydroxylation sites is 2. The standard InChI is InChI=1S/C21H14N2O2S/c24-26(25)18-11-5-4-10-17(18)23-20(14-13-15-7-2-1-3-8-15)22-16-9-6-12-19(26)21(16)23/h1-14H/b14-13+. The number of nitrogens with zero attached hydrogens (tertiary/aromatic N) is 2. The molecule has 5 heteroatoms. The molecule has 1 aromatic heterocycles. The maximum absolute atomic E-state index is 13.0. The zero-order valence-corrected chi connectivity index (χ0v) is 14.5. The second-order valence-corrected chi connectivity index (χ2v) is 8.03. The molecule has 4 aromatic rings. The van der Waals surface area contributed by atoms with Crippen LogP contribution in [0.25, 0.3) is 28.9 Å². The molecule has 5 rings (SSSR count). The van der Waals surface area contributed by atoms with E-state index in [9.17, 15) is 8.42 Å². The molecule has 3 aromatic carbocycles. The third kappa shape index (κ3) is 2.07. The minimum absolute atomic E-state index is 0.306. The molecule has 0 N–H and O–H groups in total. The molecule has 0 atom stereocenters. The number of benzene rings is 3. The van der Waals surface area contributed by atoms with Crippen molar-refractivity contribution in [3.05, 3.63) is 84.2 Å². The fourth-order valence-electron chi connectivity index (χ4n) is 3.41. The third-order valence-electron chi connectivity index (χ3n) is 4.58. The summed E-state index contributed by atoms with van der Waals surface area (Å²) in [7, 11) is -3.55. The molecule has 0 spiro atoms. The predicted octanol–water partition coefficient (Wildman–Crippen LogP) is 4.34. The number of sulfone groups is 1. The van der Waals surface area contributed by atoms with Crippen LogP contribution in [0.4, 0.5) is 0 Å². The van der Waals surface area contributed by atoms with Crippen LogP contribution >= 0.6 is 0 Å². The lowest BCUT2D eigenvalue weighted by Gasteiger charge is -2.19. The summed E-state index contributed by atoms with van der Waals surface area (Å²) >= 11 is 0. The minimum Gasteiger partial charge on any atom is -0.290 e. The van der Waals surface area contributed by atoms with E-state index >= 15 is 0 Å². The van der Waals surface area contributed by atoms with Crippen molar-refractivity contribution in [2.75, 3.05) is 0 Å². The lowest BCUT2D eigenvalue weighted by molar-refractivity contribution is 0.594. The molecule has 1 aliphatic heterocycles. The maximum atomic E-state index is 13.0. The Labute approximate surface area is 151 Å². The number of imidazole rings is 1.